The summed E-state index contributed by atoms with van der Waals surface area (Å²) < 4.78 is 5.56. The van der Waals surface area contributed by atoms with Gasteiger partial charge in [0.15, 0.2) is 5.78 Å². The molecule has 0 radical (unpaired) electrons. The molecule has 19 heteroatoms. The number of unbranched alkanes of at least 4 members (excludes halogenated alkanes) is 9. The Morgan fingerprint density at radius 1 is 0.726 bits per heavy atom. The van der Waals surface area contributed by atoms with E-state index >= 15 is 0 Å². The number of aliphatic hydroxyl groups is 2. The molecule has 1 heterocycles. The van der Waals surface area contributed by atoms with Gasteiger partial charge in [-0.2, -0.15) is 0 Å². The molecule has 1 saturated heterocycles. The van der Waals surface area contributed by atoms with Gasteiger partial charge in [0.1, 0.15) is 36.3 Å². The molecule has 0 aromatic heterocycles. The third kappa shape index (κ3) is 21.4. The molecule has 0 aromatic rings. The van der Waals surface area contributed by atoms with E-state index in [-0.39, 0.29) is 12.3 Å². The van der Waals surface area contributed by atoms with Crippen LogP contribution in [-0.2, 0) is 47.9 Å². The molecule has 354 valence electrons. The lowest BCUT2D eigenvalue weighted by atomic mass is 9.86. The molecule has 9 atom stereocenters. The number of primary amides is 1. The van der Waals surface area contributed by atoms with Gasteiger partial charge in [0.05, 0.1) is 25.0 Å². The Kier molecular flexibility index (Phi) is 25.8. The standard InChI is InChI=1S/C43H75N7O12/c1-24(2)31-22-33(54)38(48-35(56)21-30(53)19-17-15-13-11-9-10-12-14-16-18-20-45-29(8)52)28(7)62-43(61)26(5)46-40(58)32(23-34(44)55)47-42(60)37(27(6)51)50-41(59)36(25(3)4)49-39(31)57/h24-28,30-32,36-38,51,53H,9-23H2,1-8H3,(H2,44,55)(H,45,52)(H,46,58)(H,47,60)(H,48,56)(H,49,57)(H,50,59). The first kappa shape index (κ1) is 55.4. The molecule has 19 nitrogen and oxygen atoms in total. The number of ether oxygens (including phenoxy) is 1. The Balaban J connectivity index is 3.18. The zero-order valence-electron chi connectivity index (χ0n) is 38.0. The lowest BCUT2D eigenvalue weighted by Gasteiger charge is -2.30. The number of cyclic esters (lactones) is 1. The van der Waals surface area contributed by atoms with E-state index in [1.807, 2.05) is 0 Å². The maximum atomic E-state index is 14.1. The Bertz CT molecular complexity index is 1510. The van der Waals surface area contributed by atoms with E-state index in [4.69, 9.17) is 10.5 Å². The van der Waals surface area contributed by atoms with Gasteiger partial charge in [0.25, 0.3) is 0 Å². The predicted octanol–water partition coefficient (Wildman–Crippen LogP) is 0.697. The van der Waals surface area contributed by atoms with Crippen molar-refractivity contribution in [1.29, 1.82) is 0 Å². The molecule has 0 saturated carbocycles. The summed E-state index contributed by atoms with van der Waals surface area (Å²) in [6.07, 6.45) is 5.07. The van der Waals surface area contributed by atoms with Crippen LogP contribution >= 0.6 is 0 Å². The average Bonchev–Trinajstić information content (AvgIpc) is 3.16. The second kappa shape index (κ2) is 28.9. The fourth-order valence-electron chi connectivity index (χ4n) is 7.01. The van der Waals surface area contributed by atoms with Gasteiger partial charge in [-0.05, 0) is 45.4 Å². The van der Waals surface area contributed by atoms with Gasteiger partial charge in [-0.15, -0.1) is 0 Å². The van der Waals surface area contributed by atoms with Crippen molar-refractivity contribution in [1.82, 2.24) is 31.9 Å². The van der Waals surface area contributed by atoms with Crippen molar-refractivity contribution in [2.75, 3.05) is 6.54 Å². The lowest BCUT2D eigenvalue weighted by molar-refractivity contribution is -0.155. The van der Waals surface area contributed by atoms with Crippen molar-refractivity contribution in [3.63, 3.8) is 0 Å². The minimum atomic E-state index is -1.66. The topological polar surface area (TPSA) is 302 Å². The van der Waals surface area contributed by atoms with Crippen molar-refractivity contribution >= 4 is 53.1 Å². The molecule has 10 N–H and O–H groups in total. The van der Waals surface area contributed by atoms with E-state index in [1.54, 1.807) is 27.7 Å². The Morgan fingerprint density at radius 2 is 1.26 bits per heavy atom. The van der Waals surface area contributed by atoms with E-state index in [0.29, 0.717) is 19.4 Å². The van der Waals surface area contributed by atoms with Crippen molar-refractivity contribution in [3.8, 4) is 0 Å². The van der Waals surface area contributed by atoms with E-state index in [0.717, 1.165) is 57.8 Å². The highest BCUT2D eigenvalue weighted by atomic mass is 16.5. The quantitative estimate of drug-likeness (QED) is 0.0569. The van der Waals surface area contributed by atoms with E-state index in [9.17, 15) is 53.4 Å². The second-order valence-electron chi connectivity index (χ2n) is 17.3. The molecule has 1 fully saturated rings. The molecule has 1 aliphatic heterocycles. The molecule has 1 aliphatic rings. The van der Waals surface area contributed by atoms with Gasteiger partial charge in [0, 0.05) is 25.8 Å². The minimum absolute atomic E-state index is 0.0112. The predicted molar refractivity (Wildman–Crippen MR) is 229 cm³/mol. The molecule has 0 spiro atoms. The Morgan fingerprint density at radius 3 is 1.77 bits per heavy atom. The van der Waals surface area contributed by atoms with Gasteiger partial charge in [-0.1, -0.05) is 85.5 Å². The van der Waals surface area contributed by atoms with Crippen LogP contribution in [0.15, 0.2) is 0 Å². The number of esters is 1. The molecule has 0 aromatic carbocycles. The number of aliphatic hydroxyl groups excluding tert-OH is 2. The first-order chi connectivity index (χ1) is 29.0. The van der Waals surface area contributed by atoms with Gasteiger partial charge in [-0.25, -0.2) is 4.79 Å². The normalized spacial score (nSPS) is 24.6. The van der Waals surface area contributed by atoms with Crippen LogP contribution in [0.4, 0.5) is 0 Å². The molecule has 9 unspecified atom stereocenters. The number of nitrogens with one attached hydrogen (secondary N) is 6. The number of ketones is 1. The monoisotopic (exact) mass is 882 g/mol. The molecule has 0 aliphatic carbocycles. The summed E-state index contributed by atoms with van der Waals surface area (Å²) in [6, 6.07) is -7.50. The average molecular weight is 882 g/mol. The minimum Gasteiger partial charge on any atom is -0.458 e. The summed E-state index contributed by atoms with van der Waals surface area (Å²) in [4.78, 5) is 118. The number of nitrogens with two attached hydrogens (primary N) is 1. The zero-order chi connectivity index (χ0) is 47.1. The maximum absolute atomic E-state index is 14.1. The van der Waals surface area contributed by atoms with Crippen LogP contribution in [0.3, 0.4) is 0 Å². The number of hydrogen-bond acceptors (Lipinski definition) is 12. The lowest BCUT2D eigenvalue weighted by Crippen LogP contribution is -2.61. The van der Waals surface area contributed by atoms with E-state index < -0.39 is 126 Å². The van der Waals surface area contributed by atoms with E-state index in [1.165, 1.54) is 27.7 Å². The molecule has 1 rings (SSSR count). The highest BCUT2D eigenvalue weighted by Gasteiger charge is 2.39. The molecular formula is C43H75N7O12. The van der Waals surface area contributed by atoms with Crippen LogP contribution in [0.5, 0.6) is 0 Å². The molecular weight excluding hydrogens is 807 g/mol. The number of Topliss-reactive ketones (excluding diaryl/α,β-unsaturated/α-hetero) is 1. The summed E-state index contributed by atoms with van der Waals surface area (Å²) in [5, 5.41) is 36.2. The third-order valence-corrected chi connectivity index (χ3v) is 10.8. The fraction of sp³-hybridized carbons (Fsp3) is 0.791. The van der Waals surface area contributed by atoms with Crippen molar-refractivity contribution in [3.05, 3.63) is 0 Å². The van der Waals surface area contributed by atoms with Gasteiger partial charge in [-0.3, -0.25) is 38.4 Å². The summed E-state index contributed by atoms with van der Waals surface area (Å²) in [7, 11) is 0. The highest BCUT2D eigenvalue weighted by molar-refractivity contribution is 5.98. The van der Waals surface area contributed by atoms with Crippen LogP contribution in [0.2, 0.25) is 0 Å². The SMILES string of the molecule is CC(=O)NCCCCCCCCCCCCC(O)CC(=O)NC1C(=O)CC(C(C)C)C(=O)NC(C(C)C)C(=O)NC(C(C)O)C(=O)NC(CC(N)=O)C(=O)NC(C)C(=O)OC1C. The Hall–Kier alpha value is -4.65. The molecule has 62 heavy (non-hydrogen) atoms. The summed E-state index contributed by atoms with van der Waals surface area (Å²) in [5.74, 6) is -9.17. The fourth-order valence-corrected chi connectivity index (χ4v) is 7.01. The van der Waals surface area contributed by atoms with Crippen LogP contribution in [0, 0.1) is 17.8 Å². The van der Waals surface area contributed by atoms with Crippen LogP contribution in [0.25, 0.3) is 0 Å². The van der Waals surface area contributed by atoms with Crippen LogP contribution in [0.1, 0.15) is 145 Å². The van der Waals surface area contributed by atoms with Crippen molar-refractivity contribution in [2.45, 2.75) is 194 Å². The van der Waals surface area contributed by atoms with Crippen LogP contribution in [-0.4, -0.2) is 118 Å². The van der Waals surface area contributed by atoms with Crippen molar-refractivity contribution in [2.24, 2.45) is 23.5 Å². The van der Waals surface area contributed by atoms with Gasteiger partial charge >= 0.3 is 5.97 Å². The van der Waals surface area contributed by atoms with Crippen LogP contribution < -0.4 is 37.6 Å². The Labute approximate surface area is 366 Å². The van der Waals surface area contributed by atoms with Gasteiger partial charge < -0.3 is 52.6 Å². The summed E-state index contributed by atoms with van der Waals surface area (Å²) in [6.45, 7) is 12.6. The first-order valence-corrected chi connectivity index (χ1v) is 22.2. The maximum Gasteiger partial charge on any atom is 0.328 e. The summed E-state index contributed by atoms with van der Waals surface area (Å²) >= 11 is 0. The van der Waals surface area contributed by atoms with Crippen molar-refractivity contribution < 1.29 is 58.1 Å². The summed E-state index contributed by atoms with van der Waals surface area (Å²) in [5.41, 5.74) is 5.33. The number of carbonyl (C=O) groups is 9. The number of rotatable bonds is 21. The number of carbonyl (C=O) groups excluding carboxylic acids is 9. The number of hydrogen-bond donors (Lipinski definition) is 9. The molecule has 0 bridgehead atoms. The zero-order valence-corrected chi connectivity index (χ0v) is 38.0. The molecule has 7 amide bonds. The van der Waals surface area contributed by atoms with E-state index in [2.05, 4.69) is 31.9 Å². The number of amides is 7. The highest BCUT2D eigenvalue weighted by Crippen LogP contribution is 2.21. The second-order valence-corrected chi connectivity index (χ2v) is 17.3. The third-order valence-electron chi connectivity index (χ3n) is 10.8. The smallest absolute Gasteiger partial charge is 0.328 e. The van der Waals surface area contributed by atoms with Gasteiger partial charge in [0.2, 0.25) is 41.4 Å². The largest absolute Gasteiger partial charge is 0.458 e. The first-order valence-electron chi connectivity index (χ1n) is 22.2.